The van der Waals surface area contributed by atoms with Crippen LogP contribution in [0.4, 0.5) is 5.69 Å². The van der Waals surface area contributed by atoms with Crippen molar-refractivity contribution in [2.75, 3.05) is 5.32 Å². The molecule has 29 heavy (non-hydrogen) atoms. The van der Waals surface area contributed by atoms with Crippen LogP contribution in [0.15, 0.2) is 88.3 Å². The third kappa shape index (κ3) is 4.07. The van der Waals surface area contributed by atoms with E-state index >= 15 is 0 Å². The van der Waals surface area contributed by atoms with Gasteiger partial charge in [-0.15, -0.1) is 0 Å². The van der Waals surface area contributed by atoms with Crippen molar-refractivity contribution in [3.05, 3.63) is 100.0 Å². The molecule has 0 saturated heterocycles. The third-order valence-corrected chi connectivity index (χ3v) is 4.44. The summed E-state index contributed by atoms with van der Waals surface area (Å²) < 4.78 is 11.1. The molecule has 0 spiro atoms. The molecule has 0 aliphatic heterocycles. The van der Waals surface area contributed by atoms with E-state index in [0.717, 1.165) is 0 Å². The number of furan rings is 1. The summed E-state index contributed by atoms with van der Waals surface area (Å²) in [6.07, 6.45) is 1.50. The highest BCUT2D eigenvalue weighted by Gasteiger charge is 2.15. The molecule has 1 amide bonds. The van der Waals surface area contributed by atoms with Gasteiger partial charge in [-0.25, -0.2) is 0 Å². The topological polar surface area (TPSA) is 84.3 Å². The van der Waals surface area contributed by atoms with Crippen molar-refractivity contribution in [1.29, 1.82) is 0 Å². The van der Waals surface area contributed by atoms with Crippen LogP contribution in [0.2, 0.25) is 5.02 Å². The van der Waals surface area contributed by atoms with E-state index in [9.17, 15) is 9.59 Å². The van der Waals surface area contributed by atoms with Crippen LogP contribution in [0.25, 0.3) is 11.5 Å². The van der Waals surface area contributed by atoms with Crippen LogP contribution < -0.4 is 15.6 Å². The molecule has 0 aliphatic rings. The number of benzene rings is 2. The predicted octanol–water partition coefficient (Wildman–Crippen LogP) is 5.33. The van der Waals surface area contributed by atoms with E-state index in [2.05, 4.69) is 10.3 Å². The number of aromatic amines is 1. The Morgan fingerprint density at radius 2 is 1.69 bits per heavy atom. The number of carbonyl (C=O) groups is 1. The van der Waals surface area contributed by atoms with E-state index in [-0.39, 0.29) is 5.56 Å². The molecule has 0 radical (unpaired) electrons. The number of hydrogen-bond donors (Lipinski definition) is 2. The Morgan fingerprint density at radius 1 is 0.931 bits per heavy atom. The zero-order valence-electron chi connectivity index (χ0n) is 15.0. The minimum Gasteiger partial charge on any atom is -0.463 e. The van der Waals surface area contributed by atoms with Crippen molar-refractivity contribution < 1.29 is 13.9 Å². The summed E-state index contributed by atoms with van der Waals surface area (Å²) in [5.74, 6) is 0.800. The highest BCUT2D eigenvalue weighted by Crippen LogP contribution is 2.33. The fraction of sp³-hybridized carbons (Fsp3) is 0. The summed E-state index contributed by atoms with van der Waals surface area (Å²) in [5, 5.41) is 3.15. The first kappa shape index (κ1) is 18.6. The molecule has 0 bridgehead atoms. The number of para-hydroxylation sites is 3. The van der Waals surface area contributed by atoms with Gasteiger partial charge >= 0.3 is 0 Å². The van der Waals surface area contributed by atoms with Crippen LogP contribution >= 0.6 is 11.6 Å². The van der Waals surface area contributed by atoms with Crippen molar-refractivity contribution in [2.45, 2.75) is 0 Å². The molecule has 4 rings (SSSR count). The molecule has 4 aromatic rings. The molecule has 144 valence electrons. The van der Waals surface area contributed by atoms with Crippen molar-refractivity contribution in [2.24, 2.45) is 0 Å². The van der Waals surface area contributed by atoms with Crippen LogP contribution in [0.5, 0.6) is 11.5 Å². The Balaban J connectivity index is 1.58. The van der Waals surface area contributed by atoms with Gasteiger partial charge in [0.25, 0.3) is 11.5 Å². The molecule has 0 atom stereocenters. The summed E-state index contributed by atoms with van der Waals surface area (Å²) in [6.45, 7) is 0. The fourth-order valence-corrected chi connectivity index (χ4v) is 2.90. The number of ether oxygens (including phenoxy) is 1. The summed E-state index contributed by atoms with van der Waals surface area (Å²) in [5.41, 5.74) is 0.333. The van der Waals surface area contributed by atoms with Gasteiger partial charge in [-0.05, 0) is 48.5 Å². The van der Waals surface area contributed by atoms with E-state index in [0.29, 0.717) is 33.7 Å². The van der Waals surface area contributed by atoms with Crippen LogP contribution in [-0.2, 0) is 0 Å². The van der Waals surface area contributed by atoms with Crippen LogP contribution in [0.1, 0.15) is 10.4 Å². The van der Waals surface area contributed by atoms with Crippen molar-refractivity contribution >= 4 is 23.2 Å². The zero-order valence-corrected chi connectivity index (χ0v) is 15.8. The van der Waals surface area contributed by atoms with Gasteiger partial charge in [0.2, 0.25) is 0 Å². The SMILES string of the molecule is O=C(Nc1ccccc1Oc1ccccc1Cl)c1ccc(-c2ccco2)[nH]c1=O. The van der Waals surface area contributed by atoms with Crippen LogP contribution in [0, 0.1) is 0 Å². The van der Waals surface area contributed by atoms with E-state index in [1.165, 1.54) is 12.3 Å². The molecular formula is C22H15ClN2O4. The Bertz CT molecular complexity index is 1220. The number of nitrogens with one attached hydrogen (secondary N) is 2. The zero-order chi connectivity index (χ0) is 20.2. The Hall–Kier alpha value is -3.77. The first-order valence-corrected chi connectivity index (χ1v) is 9.09. The first-order chi connectivity index (χ1) is 14.1. The van der Waals surface area contributed by atoms with Gasteiger partial charge in [-0.1, -0.05) is 35.9 Å². The number of rotatable bonds is 5. The lowest BCUT2D eigenvalue weighted by Crippen LogP contribution is -2.23. The predicted molar refractivity (Wildman–Crippen MR) is 111 cm³/mol. The van der Waals surface area contributed by atoms with E-state index in [4.69, 9.17) is 20.8 Å². The van der Waals surface area contributed by atoms with Gasteiger partial charge in [0.15, 0.2) is 5.75 Å². The Labute approximate surface area is 170 Å². The molecule has 7 heteroatoms. The van der Waals surface area contributed by atoms with Crippen LogP contribution in [-0.4, -0.2) is 10.9 Å². The molecule has 0 aliphatic carbocycles. The van der Waals surface area contributed by atoms with Gasteiger partial charge < -0.3 is 19.5 Å². The number of pyridine rings is 1. The van der Waals surface area contributed by atoms with Gasteiger partial charge in [0, 0.05) is 0 Å². The smallest absolute Gasteiger partial charge is 0.261 e. The molecule has 2 N–H and O–H groups in total. The number of aromatic nitrogens is 1. The van der Waals surface area contributed by atoms with E-state index < -0.39 is 11.5 Å². The number of carbonyl (C=O) groups excluding carboxylic acids is 1. The maximum atomic E-state index is 12.7. The first-order valence-electron chi connectivity index (χ1n) is 8.72. The van der Waals surface area contributed by atoms with Gasteiger partial charge in [0.05, 0.1) is 22.7 Å². The standard InChI is InChI=1S/C22H15ClN2O4/c23-15-6-1-3-8-18(15)29-20-9-4-2-7-16(20)24-21(26)14-11-12-17(25-22(14)27)19-10-5-13-28-19/h1-13H,(H,24,26)(H,25,27). The summed E-state index contributed by atoms with van der Waals surface area (Å²) in [7, 11) is 0. The quantitative estimate of drug-likeness (QED) is 0.469. The maximum absolute atomic E-state index is 12.7. The monoisotopic (exact) mass is 406 g/mol. The lowest BCUT2D eigenvalue weighted by Gasteiger charge is -2.13. The highest BCUT2D eigenvalue weighted by molar-refractivity contribution is 6.32. The maximum Gasteiger partial charge on any atom is 0.261 e. The number of amides is 1. The average molecular weight is 407 g/mol. The van der Waals surface area contributed by atoms with E-state index in [1.807, 2.05) is 0 Å². The average Bonchev–Trinajstić information content (AvgIpc) is 3.26. The van der Waals surface area contributed by atoms with Gasteiger partial charge in [0.1, 0.15) is 17.1 Å². The number of H-pyrrole nitrogens is 1. The molecular weight excluding hydrogens is 392 g/mol. The highest BCUT2D eigenvalue weighted by atomic mass is 35.5. The molecule has 2 aromatic heterocycles. The van der Waals surface area contributed by atoms with Gasteiger partial charge in [-0.2, -0.15) is 0 Å². The Kier molecular flexibility index (Phi) is 5.18. The molecule has 0 fully saturated rings. The minimum atomic E-state index is -0.563. The normalized spacial score (nSPS) is 10.5. The number of anilines is 1. The lowest BCUT2D eigenvalue weighted by molar-refractivity contribution is 0.102. The molecule has 0 unspecified atom stereocenters. The second kappa shape index (κ2) is 8.08. The largest absolute Gasteiger partial charge is 0.463 e. The molecule has 0 saturated carbocycles. The summed E-state index contributed by atoms with van der Waals surface area (Å²) in [4.78, 5) is 27.7. The second-order valence-corrected chi connectivity index (χ2v) is 6.48. The number of hydrogen-bond acceptors (Lipinski definition) is 4. The molecule has 2 heterocycles. The lowest BCUT2D eigenvalue weighted by atomic mass is 10.2. The van der Waals surface area contributed by atoms with Crippen LogP contribution in [0.3, 0.4) is 0 Å². The van der Waals surface area contributed by atoms with Crippen molar-refractivity contribution in [1.82, 2.24) is 4.98 Å². The van der Waals surface area contributed by atoms with Crippen molar-refractivity contribution in [3.8, 4) is 23.0 Å². The summed E-state index contributed by atoms with van der Waals surface area (Å²) >= 11 is 6.14. The third-order valence-electron chi connectivity index (χ3n) is 4.13. The molecule has 2 aromatic carbocycles. The number of halogens is 1. The minimum absolute atomic E-state index is 0.0344. The van der Waals surface area contributed by atoms with Crippen molar-refractivity contribution in [3.63, 3.8) is 0 Å². The second-order valence-electron chi connectivity index (χ2n) is 6.07. The fourth-order valence-electron chi connectivity index (χ4n) is 2.72. The Morgan fingerprint density at radius 3 is 2.41 bits per heavy atom. The molecule has 6 nitrogen and oxygen atoms in total. The van der Waals surface area contributed by atoms with E-state index in [1.54, 1.807) is 66.7 Å². The summed E-state index contributed by atoms with van der Waals surface area (Å²) in [6, 6.07) is 20.4. The van der Waals surface area contributed by atoms with Gasteiger partial charge in [-0.3, -0.25) is 9.59 Å².